The van der Waals surface area contributed by atoms with Crippen LogP contribution < -0.4 is 0 Å². The summed E-state index contributed by atoms with van der Waals surface area (Å²) in [5, 5.41) is 0. The Bertz CT molecular complexity index is 576. The molecule has 0 atom stereocenters. The van der Waals surface area contributed by atoms with Gasteiger partial charge in [-0.1, -0.05) is 101 Å². The molecule has 0 radical (unpaired) electrons. The molecule has 122 valence electrons. The van der Waals surface area contributed by atoms with Crippen molar-refractivity contribution in [2.24, 2.45) is 0 Å². The van der Waals surface area contributed by atoms with E-state index in [9.17, 15) is 0 Å². The number of unbranched alkanes of at least 4 members (excludes halogenated alkanes) is 1. The van der Waals surface area contributed by atoms with Gasteiger partial charge in [-0.25, -0.2) is 0 Å². The quantitative estimate of drug-likeness (QED) is 0.502. The molecule has 0 amide bonds. The van der Waals surface area contributed by atoms with Gasteiger partial charge in [-0.3, -0.25) is 0 Å². The summed E-state index contributed by atoms with van der Waals surface area (Å²) in [6.07, 6.45) is 5.28. The molecule has 23 heavy (non-hydrogen) atoms. The second-order valence-electron chi connectivity index (χ2n) is 6.47. The topological polar surface area (TPSA) is 0 Å². The average molecular weight is 306 g/mol. The fourth-order valence-electron chi connectivity index (χ4n) is 2.50. The van der Waals surface area contributed by atoms with Gasteiger partial charge in [0.1, 0.15) is 0 Å². The van der Waals surface area contributed by atoms with Gasteiger partial charge in [-0.2, -0.15) is 0 Å². The van der Waals surface area contributed by atoms with Gasteiger partial charge < -0.3 is 0 Å². The fourth-order valence-corrected chi connectivity index (χ4v) is 2.50. The molecular formula is C23H30. The third-order valence-electron chi connectivity index (χ3n) is 3.89. The highest BCUT2D eigenvalue weighted by molar-refractivity contribution is 5.64. The van der Waals surface area contributed by atoms with Crippen LogP contribution in [0.2, 0.25) is 0 Å². The molecule has 0 nitrogen and oxygen atoms in total. The minimum Gasteiger partial charge on any atom is -0.103 e. The van der Waals surface area contributed by atoms with Crippen molar-refractivity contribution in [3.8, 4) is 0 Å². The lowest BCUT2D eigenvalue weighted by atomic mass is 9.78. The summed E-state index contributed by atoms with van der Waals surface area (Å²) in [5.74, 6) is 0. The molecule has 0 heterocycles. The summed E-state index contributed by atoms with van der Waals surface area (Å²) in [4.78, 5) is 0. The number of benzene rings is 2. The van der Waals surface area contributed by atoms with Crippen molar-refractivity contribution in [3.63, 3.8) is 0 Å². The molecular weight excluding hydrogens is 276 g/mol. The van der Waals surface area contributed by atoms with E-state index in [2.05, 4.69) is 88.5 Å². The zero-order chi connectivity index (χ0) is 17.1. The third-order valence-corrected chi connectivity index (χ3v) is 3.89. The standard InChI is InChI=1S/C18H20.C5H10/c1-15(16-10-6-4-7-11-16)14-18(2,3)17-12-8-5-9-13-17;1-3-5-4-2/h4-13H,1,14H2,2-3H3;3H,1,4-5H2,2H3. The smallest absolute Gasteiger partial charge is 0.00632 e. The fraction of sp³-hybridized carbons (Fsp3) is 0.304. The van der Waals surface area contributed by atoms with Gasteiger partial charge in [0.15, 0.2) is 0 Å². The lowest BCUT2D eigenvalue weighted by molar-refractivity contribution is 0.542. The number of allylic oxidation sites excluding steroid dienone is 2. The Kier molecular flexibility index (Phi) is 8.11. The highest BCUT2D eigenvalue weighted by atomic mass is 14.3. The molecule has 0 N–H and O–H groups in total. The summed E-state index contributed by atoms with van der Waals surface area (Å²) in [5.41, 5.74) is 3.92. The highest BCUT2D eigenvalue weighted by Crippen LogP contribution is 2.33. The second-order valence-corrected chi connectivity index (χ2v) is 6.47. The Labute approximate surface area is 142 Å². The van der Waals surface area contributed by atoms with Crippen LogP contribution in [0, 0.1) is 0 Å². The predicted molar refractivity (Wildman–Crippen MR) is 105 cm³/mol. The Balaban J connectivity index is 0.000000463. The van der Waals surface area contributed by atoms with Gasteiger partial charge >= 0.3 is 0 Å². The molecule has 0 unspecified atom stereocenters. The van der Waals surface area contributed by atoms with E-state index < -0.39 is 0 Å². The minimum absolute atomic E-state index is 0.119. The largest absolute Gasteiger partial charge is 0.103 e. The third kappa shape index (κ3) is 6.69. The molecule has 2 aromatic carbocycles. The number of hydrogen-bond acceptors (Lipinski definition) is 0. The first kappa shape index (κ1) is 19.0. The van der Waals surface area contributed by atoms with Crippen molar-refractivity contribution in [2.75, 3.05) is 0 Å². The van der Waals surface area contributed by atoms with Crippen molar-refractivity contribution in [1.82, 2.24) is 0 Å². The first-order chi connectivity index (χ1) is 11.0. The average Bonchev–Trinajstić information content (AvgIpc) is 2.57. The van der Waals surface area contributed by atoms with Crippen LogP contribution in [0.5, 0.6) is 0 Å². The Hall–Kier alpha value is -2.08. The lowest BCUT2D eigenvalue weighted by Crippen LogP contribution is -2.17. The van der Waals surface area contributed by atoms with Gasteiger partial charge in [0.05, 0.1) is 0 Å². The SMILES string of the molecule is C=C(CC(C)(C)c1ccccc1)c1ccccc1.C=CCCC. The maximum atomic E-state index is 4.24. The first-order valence-electron chi connectivity index (χ1n) is 8.41. The van der Waals surface area contributed by atoms with Crippen LogP contribution in [-0.2, 0) is 5.41 Å². The van der Waals surface area contributed by atoms with Gasteiger partial charge in [0.2, 0.25) is 0 Å². The van der Waals surface area contributed by atoms with Crippen LogP contribution >= 0.6 is 0 Å². The monoisotopic (exact) mass is 306 g/mol. The Morgan fingerprint density at radius 3 is 1.91 bits per heavy atom. The van der Waals surface area contributed by atoms with Crippen molar-refractivity contribution in [1.29, 1.82) is 0 Å². The van der Waals surface area contributed by atoms with E-state index >= 15 is 0 Å². The Morgan fingerprint density at radius 2 is 1.48 bits per heavy atom. The maximum absolute atomic E-state index is 4.24. The van der Waals surface area contributed by atoms with Crippen LogP contribution in [0.1, 0.15) is 51.2 Å². The molecule has 0 saturated carbocycles. The molecule has 0 fully saturated rings. The van der Waals surface area contributed by atoms with Crippen molar-refractivity contribution < 1.29 is 0 Å². The van der Waals surface area contributed by atoms with Crippen LogP contribution in [0.3, 0.4) is 0 Å². The molecule has 0 aliphatic carbocycles. The second kappa shape index (κ2) is 9.84. The normalized spacial score (nSPS) is 10.4. The minimum atomic E-state index is 0.119. The van der Waals surface area contributed by atoms with Crippen LogP contribution in [-0.4, -0.2) is 0 Å². The van der Waals surface area contributed by atoms with Crippen molar-refractivity contribution in [3.05, 3.63) is 91.0 Å². The molecule has 0 aliphatic rings. The molecule has 0 saturated heterocycles. The van der Waals surface area contributed by atoms with Crippen LogP contribution in [0.15, 0.2) is 79.9 Å². The van der Waals surface area contributed by atoms with E-state index in [0.29, 0.717) is 0 Å². The van der Waals surface area contributed by atoms with Gasteiger partial charge in [0.25, 0.3) is 0 Å². The molecule has 0 spiro atoms. The predicted octanol–water partition coefficient (Wildman–Crippen LogP) is 7.04. The number of rotatable bonds is 6. The summed E-state index contributed by atoms with van der Waals surface area (Å²) in [6, 6.07) is 21.1. The summed E-state index contributed by atoms with van der Waals surface area (Å²) >= 11 is 0. The summed E-state index contributed by atoms with van der Waals surface area (Å²) in [7, 11) is 0. The van der Waals surface area contributed by atoms with Crippen LogP contribution in [0.25, 0.3) is 5.57 Å². The zero-order valence-electron chi connectivity index (χ0n) is 14.9. The molecule has 2 rings (SSSR count). The van der Waals surface area contributed by atoms with Crippen molar-refractivity contribution in [2.45, 2.75) is 45.4 Å². The van der Waals surface area contributed by atoms with Crippen molar-refractivity contribution >= 4 is 5.57 Å². The van der Waals surface area contributed by atoms with Gasteiger partial charge in [-0.05, 0) is 35.0 Å². The molecule has 2 aromatic rings. The van der Waals surface area contributed by atoms with E-state index in [4.69, 9.17) is 0 Å². The molecule has 0 heteroatoms. The maximum Gasteiger partial charge on any atom is -0.00632 e. The summed E-state index contributed by atoms with van der Waals surface area (Å²) < 4.78 is 0. The van der Waals surface area contributed by atoms with E-state index in [-0.39, 0.29) is 5.41 Å². The molecule has 0 aliphatic heterocycles. The number of hydrogen-bond donors (Lipinski definition) is 0. The van der Waals surface area contributed by atoms with E-state index in [1.165, 1.54) is 23.1 Å². The molecule has 0 aromatic heterocycles. The first-order valence-corrected chi connectivity index (χ1v) is 8.41. The van der Waals surface area contributed by atoms with E-state index in [1.54, 1.807) is 0 Å². The van der Waals surface area contributed by atoms with Crippen LogP contribution in [0.4, 0.5) is 0 Å². The lowest BCUT2D eigenvalue weighted by Gasteiger charge is -2.26. The highest BCUT2D eigenvalue weighted by Gasteiger charge is 2.21. The molecule has 0 bridgehead atoms. The zero-order valence-corrected chi connectivity index (χ0v) is 14.9. The van der Waals surface area contributed by atoms with E-state index in [0.717, 1.165) is 12.8 Å². The van der Waals surface area contributed by atoms with E-state index in [1.807, 2.05) is 12.1 Å². The Morgan fingerprint density at radius 1 is 0.957 bits per heavy atom. The van der Waals surface area contributed by atoms with Gasteiger partial charge in [-0.15, -0.1) is 6.58 Å². The van der Waals surface area contributed by atoms with Gasteiger partial charge in [0, 0.05) is 0 Å². The summed E-state index contributed by atoms with van der Waals surface area (Å²) in [6.45, 7) is 14.5.